The van der Waals surface area contributed by atoms with Gasteiger partial charge in [0, 0.05) is 20.6 Å². The lowest BCUT2D eigenvalue weighted by Gasteiger charge is -2.01. The first-order valence-corrected chi connectivity index (χ1v) is 7.10. The largest absolute Gasteiger partial charge is 0.455 e. The van der Waals surface area contributed by atoms with Crippen molar-refractivity contribution in [2.24, 2.45) is 0 Å². The van der Waals surface area contributed by atoms with E-state index >= 15 is 0 Å². The van der Waals surface area contributed by atoms with Gasteiger partial charge in [-0.2, -0.15) is 0 Å². The Morgan fingerprint density at radius 1 is 0.947 bits per heavy atom. The van der Waals surface area contributed by atoms with Crippen molar-refractivity contribution in [2.45, 2.75) is 0 Å². The fourth-order valence-corrected chi connectivity index (χ4v) is 3.22. The van der Waals surface area contributed by atoms with Gasteiger partial charge in [0.25, 0.3) is 0 Å². The summed E-state index contributed by atoms with van der Waals surface area (Å²) in [6, 6.07) is 16.1. The monoisotopic (exact) mass is 330 g/mol. The highest BCUT2D eigenvalue weighted by Gasteiger charge is 2.13. The molecular formula is C16H8BrClO. The van der Waals surface area contributed by atoms with E-state index in [0.717, 1.165) is 42.2 Å². The Bertz CT molecular complexity index is 940. The number of fused-ring (bicyclic) bond motifs is 5. The summed E-state index contributed by atoms with van der Waals surface area (Å²) in [7, 11) is 0. The first-order chi connectivity index (χ1) is 9.24. The molecule has 4 rings (SSSR count). The van der Waals surface area contributed by atoms with E-state index in [1.165, 1.54) is 0 Å². The second-order valence-corrected chi connectivity index (χ2v) is 5.85. The van der Waals surface area contributed by atoms with Crippen molar-refractivity contribution in [2.75, 3.05) is 0 Å². The zero-order valence-corrected chi connectivity index (χ0v) is 12.1. The van der Waals surface area contributed by atoms with Crippen LogP contribution < -0.4 is 0 Å². The maximum atomic E-state index is 6.43. The molecule has 1 heterocycles. The lowest BCUT2D eigenvalue weighted by molar-refractivity contribution is 0.672. The molecule has 0 fully saturated rings. The average Bonchev–Trinajstić information content (AvgIpc) is 2.78. The molecule has 0 spiro atoms. The van der Waals surface area contributed by atoms with Gasteiger partial charge in [0.2, 0.25) is 0 Å². The van der Waals surface area contributed by atoms with Crippen molar-refractivity contribution < 1.29 is 4.42 Å². The number of furan rings is 1. The molecule has 4 aromatic rings. The quantitative estimate of drug-likeness (QED) is 0.376. The van der Waals surface area contributed by atoms with Crippen LogP contribution in [0.4, 0.5) is 0 Å². The molecule has 0 N–H and O–H groups in total. The van der Waals surface area contributed by atoms with E-state index < -0.39 is 0 Å². The fourth-order valence-electron chi connectivity index (χ4n) is 2.54. The number of para-hydroxylation sites is 1. The molecule has 0 aliphatic rings. The molecule has 92 valence electrons. The third kappa shape index (κ3) is 1.60. The Labute approximate surface area is 122 Å². The molecular weight excluding hydrogens is 324 g/mol. The molecule has 0 amide bonds. The van der Waals surface area contributed by atoms with Gasteiger partial charge in [0.1, 0.15) is 11.2 Å². The maximum absolute atomic E-state index is 6.43. The van der Waals surface area contributed by atoms with Crippen LogP contribution in [0, 0.1) is 0 Å². The van der Waals surface area contributed by atoms with E-state index in [0.29, 0.717) is 0 Å². The molecule has 3 heteroatoms. The Hall–Kier alpha value is -1.51. The molecule has 0 saturated carbocycles. The smallest absolute Gasteiger partial charge is 0.144 e. The van der Waals surface area contributed by atoms with E-state index in [4.69, 9.17) is 16.0 Å². The summed E-state index contributed by atoms with van der Waals surface area (Å²) in [4.78, 5) is 0. The van der Waals surface area contributed by atoms with Crippen LogP contribution in [0.3, 0.4) is 0 Å². The summed E-state index contributed by atoms with van der Waals surface area (Å²) in [6.07, 6.45) is 0. The van der Waals surface area contributed by atoms with E-state index in [1.807, 2.05) is 42.5 Å². The number of halogens is 2. The molecule has 1 aromatic heterocycles. The van der Waals surface area contributed by atoms with Gasteiger partial charge >= 0.3 is 0 Å². The van der Waals surface area contributed by atoms with Gasteiger partial charge < -0.3 is 4.42 Å². The summed E-state index contributed by atoms with van der Waals surface area (Å²) >= 11 is 9.92. The highest BCUT2D eigenvalue weighted by molar-refractivity contribution is 9.10. The molecule has 0 bridgehead atoms. The van der Waals surface area contributed by atoms with E-state index in [9.17, 15) is 0 Å². The minimum absolute atomic E-state index is 0.727. The minimum Gasteiger partial charge on any atom is -0.455 e. The third-order valence-electron chi connectivity index (χ3n) is 3.37. The van der Waals surface area contributed by atoms with Gasteiger partial charge in [-0.25, -0.2) is 0 Å². The van der Waals surface area contributed by atoms with E-state index in [2.05, 4.69) is 22.0 Å². The summed E-state index contributed by atoms with van der Waals surface area (Å²) in [5, 5.41) is 4.94. The molecule has 1 nitrogen and oxygen atoms in total. The highest BCUT2D eigenvalue weighted by Crippen LogP contribution is 2.39. The van der Waals surface area contributed by atoms with Crippen LogP contribution in [0.5, 0.6) is 0 Å². The fraction of sp³-hybridized carbons (Fsp3) is 0. The SMILES string of the molecule is Clc1cc2cc(Br)ccc2c2oc3ccccc3c12. The normalized spacial score (nSPS) is 11.7. The summed E-state index contributed by atoms with van der Waals surface area (Å²) in [5.74, 6) is 0. The zero-order valence-electron chi connectivity index (χ0n) is 9.78. The summed E-state index contributed by atoms with van der Waals surface area (Å²) < 4.78 is 7.02. The number of hydrogen-bond acceptors (Lipinski definition) is 1. The standard InChI is InChI=1S/C16H8BrClO/c17-10-5-6-11-9(7-10)8-13(18)15-12-3-1-2-4-14(12)19-16(11)15/h1-8H. The molecule has 0 radical (unpaired) electrons. The molecule has 0 atom stereocenters. The molecule has 3 aromatic carbocycles. The topological polar surface area (TPSA) is 13.1 Å². The Morgan fingerprint density at radius 2 is 1.79 bits per heavy atom. The van der Waals surface area contributed by atoms with Crippen LogP contribution in [-0.2, 0) is 0 Å². The van der Waals surface area contributed by atoms with Crippen molar-refractivity contribution in [3.05, 3.63) is 58.0 Å². The number of benzene rings is 3. The maximum Gasteiger partial charge on any atom is 0.144 e. The molecule has 0 saturated heterocycles. The Kier molecular flexibility index (Phi) is 2.38. The predicted molar refractivity (Wildman–Crippen MR) is 83.9 cm³/mol. The first-order valence-electron chi connectivity index (χ1n) is 5.93. The van der Waals surface area contributed by atoms with Crippen LogP contribution in [0.15, 0.2) is 57.4 Å². The third-order valence-corrected chi connectivity index (χ3v) is 4.17. The first kappa shape index (κ1) is 11.3. The van der Waals surface area contributed by atoms with E-state index in [-0.39, 0.29) is 0 Å². The van der Waals surface area contributed by atoms with Crippen molar-refractivity contribution in [1.82, 2.24) is 0 Å². The highest BCUT2D eigenvalue weighted by atomic mass is 79.9. The molecule has 0 unspecified atom stereocenters. The van der Waals surface area contributed by atoms with Gasteiger partial charge in [0.15, 0.2) is 0 Å². The second-order valence-electron chi connectivity index (χ2n) is 4.53. The van der Waals surface area contributed by atoms with Gasteiger partial charge in [-0.15, -0.1) is 0 Å². The molecule has 0 aliphatic carbocycles. The summed E-state index contributed by atoms with van der Waals surface area (Å²) in [5.41, 5.74) is 1.73. The Balaban J connectivity index is 2.33. The summed E-state index contributed by atoms with van der Waals surface area (Å²) in [6.45, 7) is 0. The van der Waals surface area contributed by atoms with Crippen LogP contribution in [-0.4, -0.2) is 0 Å². The van der Waals surface area contributed by atoms with Crippen LogP contribution in [0.25, 0.3) is 32.7 Å². The van der Waals surface area contributed by atoms with Crippen molar-refractivity contribution in [3.63, 3.8) is 0 Å². The van der Waals surface area contributed by atoms with Crippen molar-refractivity contribution in [3.8, 4) is 0 Å². The predicted octanol–water partition coefficient (Wildman–Crippen LogP) is 6.16. The van der Waals surface area contributed by atoms with Gasteiger partial charge in [0.05, 0.1) is 5.02 Å². The van der Waals surface area contributed by atoms with Crippen molar-refractivity contribution >= 4 is 60.2 Å². The Morgan fingerprint density at radius 3 is 2.68 bits per heavy atom. The molecule has 0 aliphatic heterocycles. The van der Waals surface area contributed by atoms with Gasteiger partial charge in [-0.3, -0.25) is 0 Å². The minimum atomic E-state index is 0.727. The average molecular weight is 332 g/mol. The lowest BCUT2D eigenvalue weighted by Crippen LogP contribution is -1.76. The van der Waals surface area contributed by atoms with Crippen LogP contribution >= 0.6 is 27.5 Å². The van der Waals surface area contributed by atoms with Gasteiger partial charge in [-0.05, 0) is 35.7 Å². The number of hydrogen-bond donors (Lipinski definition) is 0. The zero-order chi connectivity index (χ0) is 13.0. The number of rotatable bonds is 0. The second kappa shape index (κ2) is 3.99. The lowest BCUT2D eigenvalue weighted by atomic mass is 10.1. The van der Waals surface area contributed by atoms with Crippen molar-refractivity contribution in [1.29, 1.82) is 0 Å². The molecule has 19 heavy (non-hydrogen) atoms. The van der Waals surface area contributed by atoms with E-state index in [1.54, 1.807) is 0 Å². The van der Waals surface area contributed by atoms with Gasteiger partial charge in [-0.1, -0.05) is 45.7 Å². The van der Waals surface area contributed by atoms with Crippen LogP contribution in [0.1, 0.15) is 0 Å². The van der Waals surface area contributed by atoms with Crippen LogP contribution in [0.2, 0.25) is 5.02 Å².